The molecule has 8 nitrogen and oxygen atoms in total. The third-order valence-corrected chi connectivity index (χ3v) is 4.36. The minimum absolute atomic E-state index is 0.00421. The maximum Gasteiger partial charge on any atom is 0.353 e. The third kappa shape index (κ3) is 4.24. The molecule has 0 radical (unpaired) electrons. The van der Waals surface area contributed by atoms with Gasteiger partial charge in [-0.2, -0.15) is 0 Å². The van der Waals surface area contributed by atoms with E-state index in [2.05, 4.69) is 20.6 Å². The van der Waals surface area contributed by atoms with E-state index >= 15 is 0 Å². The number of benzene rings is 2. The number of nitro groups is 1. The van der Waals surface area contributed by atoms with Crippen LogP contribution < -0.4 is 15.4 Å². The Morgan fingerprint density at radius 2 is 1.71 bits per heavy atom. The number of anilines is 4. The van der Waals surface area contributed by atoms with Gasteiger partial charge in [0.25, 0.3) is 0 Å². The van der Waals surface area contributed by atoms with E-state index in [0.717, 1.165) is 5.56 Å². The summed E-state index contributed by atoms with van der Waals surface area (Å²) in [5.41, 5.74) is 1.53. The number of nitrogens with one attached hydrogen (secondary N) is 2. The quantitative estimate of drug-likeness (QED) is 0.401. The molecule has 0 aliphatic carbocycles. The van der Waals surface area contributed by atoms with Gasteiger partial charge in [-0.1, -0.05) is 29.3 Å². The monoisotopic (exact) mass is 419 g/mol. The van der Waals surface area contributed by atoms with Gasteiger partial charge in [-0.15, -0.1) is 0 Å². The van der Waals surface area contributed by atoms with E-state index < -0.39 is 4.92 Å². The Hall–Kier alpha value is -3.10. The van der Waals surface area contributed by atoms with Crippen LogP contribution in [0.2, 0.25) is 10.0 Å². The molecule has 0 bridgehead atoms. The van der Waals surface area contributed by atoms with E-state index in [4.69, 9.17) is 27.9 Å². The molecule has 1 aromatic heterocycles. The maximum atomic E-state index is 11.8. The zero-order chi connectivity index (χ0) is 20.3. The molecule has 0 aliphatic rings. The van der Waals surface area contributed by atoms with Crippen LogP contribution in [0.4, 0.5) is 28.7 Å². The van der Waals surface area contributed by atoms with Crippen molar-refractivity contribution in [2.24, 2.45) is 0 Å². The number of hydrogen-bond donors (Lipinski definition) is 2. The van der Waals surface area contributed by atoms with Crippen molar-refractivity contribution in [3.63, 3.8) is 0 Å². The summed E-state index contributed by atoms with van der Waals surface area (Å²) >= 11 is 12.1. The minimum atomic E-state index is -0.578. The number of aryl methyl sites for hydroxylation is 1. The largest absolute Gasteiger partial charge is 0.495 e. The summed E-state index contributed by atoms with van der Waals surface area (Å²) in [5, 5.41) is 18.3. The van der Waals surface area contributed by atoms with Crippen LogP contribution in [-0.2, 0) is 0 Å². The predicted octanol–water partition coefficient (Wildman–Crippen LogP) is 5.50. The molecule has 0 atom stereocenters. The molecular weight excluding hydrogens is 405 g/mol. The van der Waals surface area contributed by atoms with Gasteiger partial charge in [-0.25, -0.2) is 9.97 Å². The van der Waals surface area contributed by atoms with E-state index in [1.54, 1.807) is 30.3 Å². The summed E-state index contributed by atoms with van der Waals surface area (Å²) in [6.07, 6.45) is 1.21. The Balaban J connectivity index is 2.04. The Morgan fingerprint density at radius 3 is 2.36 bits per heavy atom. The van der Waals surface area contributed by atoms with Crippen LogP contribution in [0.1, 0.15) is 5.56 Å². The Kier molecular flexibility index (Phi) is 5.81. The first kappa shape index (κ1) is 19.7. The lowest BCUT2D eigenvalue weighted by atomic mass is 10.2. The molecule has 0 unspecified atom stereocenters. The van der Waals surface area contributed by atoms with Gasteiger partial charge >= 0.3 is 5.69 Å². The molecule has 3 aromatic rings. The van der Waals surface area contributed by atoms with Crippen LogP contribution in [0.3, 0.4) is 0 Å². The zero-order valence-electron chi connectivity index (χ0n) is 14.9. The maximum absolute atomic E-state index is 11.8. The van der Waals surface area contributed by atoms with Gasteiger partial charge in [0.15, 0.2) is 0 Å². The summed E-state index contributed by atoms with van der Waals surface area (Å²) in [6, 6.07) is 10.2. The molecule has 2 N–H and O–H groups in total. The molecule has 28 heavy (non-hydrogen) atoms. The minimum Gasteiger partial charge on any atom is -0.495 e. The standard InChI is InChI=1S/C18H15Cl2N5O3/c1-10-3-6-15(28-2)14(7-10)24-18-16(25(26)27)17(21-9-22-18)23-13-8-11(19)4-5-12(13)20/h3-9H,1-2H3,(H2,21,22,23,24). The van der Waals surface area contributed by atoms with Gasteiger partial charge in [-0.3, -0.25) is 10.1 Å². The molecule has 144 valence electrons. The lowest BCUT2D eigenvalue weighted by molar-refractivity contribution is -0.383. The number of hydrogen-bond acceptors (Lipinski definition) is 7. The van der Waals surface area contributed by atoms with E-state index in [-0.39, 0.29) is 17.3 Å². The van der Waals surface area contributed by atoms with Crippen LogP contribution in [-0.4, -0.2) is 22.0 Å². The van der Waals surface area contributed by atoms with Crippen LogP contribution >= 0.6 is 23.2 Å². The highest BCUT2D eigenvalue weighted by Gasteiger charge is 2.24. The van der Waals surface area contributed by atoms with Crippen LogP contribution in [0.5, 0.6) is 5.75 Å². The van der Waals surface area contributed by atoms with E-state index in [0.29, 0.717) is 27.2 Å². The molecule has 10 heteroatoms. The first-order valence-electron chi connectivity index (χ1n) is 8.02. The second-order valence-corrected chi connectivity index (χ2v) is 6.60. The fourth-order valence-electron chi connectivity index (χ4n) is 2.50. The molecule has 1 heterocycles. The fraction of sp³-hybridized carbons (Fsp3) is 0.111. The van der Waals surface area contributed by atoms with Crippen molar-refractivity contribution in [3.05, 3.63) is 68.4 Å². The van der Waals surface area contributed by atoms with Crippen LogP contribution in [0.15, 0.2) is 42.7 Å². The van der Waals surface area contributed by atoms with Gasteiger partial charge in [0.1, 0.15) is 12.1 Å². The first-order chi connectivity index (χ1) is 13.4. The number of nitrogens with zero attached hydrogens (tertiary/aromatic N) is 3. The number of methoxy groups -OCH3 is 1. The number of ether oxygens (including phenoxy) is 1. The summed E-state index contributed by atoms with van der Waals surface area (Å²) in [7, 11) is 1.51. The molecule has 0 amide bonds. The molecule has 0 saturated carbocycles. The van der Waals surface area contributed by atoms with Crippen molar-refractivity contribution in [2.45, 2.75) is 6.92 Å². The molecule has 0 saturated heterocycles. The molecule has 0 spiro atoms. The Bertz CT molecular complexity index is 1050. The van der Waals surface area contributed by atoms with Gasteiger partial charge in [0.05, 0.1) is 28.4 Å². The molecular formula is C18H15Cl2N5O3. The zero-order valence-corrected chi connectivity index (χ0v) is 16.4. The Morgan fingerprint density at radius 1 is 1.04 bits per heavy atom. The molecule has 2 aromatic carbocycles. The topological polar surface area (TPSA) is 102 Å². The highest BCUT2D eigenvalue weighted by Crippen LogP contribution is 2.37. The molecule has 0 fully saturated rings. The van der Waals surface area contributed by atoms with Crippen LogP contribution in [0, 0.1) is 17.0 Å². The lowest BCUT2D eigenvalue weighted by Gasteiger charge is -2.13. The van der Waals surface area contributed by atoms with Crippen molar-refractivity contribution in [1.29, 1.82) is 0 Å². The summed E-state index contributed by atoms with van der Waals surface area (Å²) < 4.78 is 5.30. The van der Waals surface area contributed by atoms with Crippen LogP contribution in [0.25, 0.3) is 0 Å². The lowest BCUT2D eigenvalue weighted by Crippen LogP contribution is -2.06. The smallest absolute Gasteiger partial charge is 0.353 e. The summed E-state index contributed by atoms with van der Waals surface area (Å²) in [6.45, 7) is 1.90. The highest BCUT2D eigenvalue weighted by atomic mass is 35.5. The number of halogens is 2. The second-order valence-electron chi connectivity index (χ2n) is 5.75. The second kappa shape index (κ2) is 8.28. The van der Waals surface area contributed by atoms with Crippen molar-refractivity contribution >= 4 is 51.9 Å². The third-order valence-electron chi connectivity index (χ3n) is 3.79. The van der Waals surface area contributed by atoms with Crippen molar-refractivity contribution in [2.75, 3.05) is 17.7 Å². The van der Waals surface area contributed by atoms with Gasteiger partial charge in [0, 0.05) is 5.02 Å². The average Bonchev–Trinajstić information content (AvgIpc) is 2.65. The van der Waals surface area contributed by atoms with E-state index in [9.17, 15) is 10.1 Å². The predicted molar refractivity (Wildman–Crippen MR) is 109 cm³/mol. The fourth-order valence-corrected chi connectivity index (χ4v) is 2.84. The molecule has 0 aliphatic heterocycles. The molecule has 3 rings (SSSR count). The first-order valence-corrected chi connectivity index (χ1v) is 8.77. The van der Waals surface area contributed by atoms with Gasteiger partial charge in [0.2, 0.25) is 11.6 Å². The SMILES string of the molecule is COc1ccc(C)cc1Nc1ncnc(Nc2cc(Cl)ccc2Cl)c1[N+](=O)[O-]. The average molecular weight is 420 g/mol. The van der Waals surface area contributed by atoms with Crippen molar-refractivity contribution < 1.29 is 9.66 Å². The summed E-state index contributed by atoms with van der Waals surface area (Å²) in [4.78, 5) is 19.2. The highest BCUT2D eigenvalue weighted by molar-refractivity contribution is 6.35. The van der Waals surface area contributed by atoms with Gasteiger partial charge < -0.3 is 15.4 Å². The van der Waals surface area contributed by atoms with Gasteiger partial charge in [-0.05, 0) is 42.8 Å². The number of rotatable bonds is 6. The summed E-state index contributed by atoms with van der Waals surface area (Å²) in [5.74, 6) is 0.494. The van der Waals surface area contributed by atoms with Crippen molar-refractivity contribution in [1.82, 2.24) is 9.97 Å². The van der Waals surface area contributed by atoms with E-state index in [1.165, 1.54) is 13.4 Å². The van der Waals surface area contributed by atoms with Crippen molar-refractivity contribution in [3.8, 4) is 5.75 Å². The normalized spacial score (nSPS) is 10.4. The number of aromatic nitrogens is 2. The van der Waals surface area contributed by atoms with E-state index in [1.807, 2.05) is 13.0 Å². The Labute approximate surface area is 170 Å².